The summed E-state index contributed by atoms with van der Waals surface area (Å²) in [5.74, 6) is 0.737. The second kappa shape index (κ2) is 5.94. The van der Waals surface area contributed by atoms with Crippen molar-refractivity contribution in [2.24, 2.45) is 4.99 Å². The number of rotatable bonds is 4. The Labute approximate surface area is 140 Å². The molecule has 3 aromatic rings. The van der Waals surface area contributed by atoms with Crippen LogP contribution in [0.25, 0.3) is 11.6 Å². The number of pyridine rings is 1. The molecule has 5 nitrogen and oxygen atoms in total. The topological polar surface area (TPSA) is 70.4 Å². The third-order valence-corrected chi connectivity index (χ3v) is 5.16. The molecule has 0 aliphatic carbocycles. The maximum atomic E-state index is 10.1. The molecular weight excluding hydrogens is 328 g/mol. The van der Waals surface area contributed by atoms with E-state index < -0.39 is 0 Å². The summed E-state index contributed by atoms with van der Waals surface area (Å²) in [6.07, 6.45) is 5.37. The first kappa shape index (κ1) is 14.1. The lowest BCUT2D eigenvalue weighted by Gasteiger charge is -1.98. The van der Waals surface area contributed by atoms with Gasteiger partial charge in [-0.3, -0.25) is 0 Å². The van der Waals surface area contributed by atoms with E-state index in [2.05, 4.69) is 26.3 Å². The van der Waals surface area contributed by atoms with E-state index in [1.807, 2.05) is 29.7 Å². The van der Waals surface area contributed by atoms with Crippen LogP contribution in [0, 0.1) is 0 Å². The molecule has 23 heavy (non-hydrogen) atoms. The molecule has 0 saturated heterocycles. The number of aromatic hydroxyl groups is 1. The van der Waals surface area contributed by atoms with E-state index in [4.69, 9.17) is 0 Å². The van der Waals surface area contributed by atoms with Crippen LogP contribution >= 0.6 is 22.7 Å². The molecule has 0 bridgehead atoms. The Morgan fingerprint density at radius 2 is 2.22 bits per heavy atom. The second-order valence-corrected chi connectivity index (χ2v) is 6.94. The summed E-state index contributed by atoms with van der Waals surface area (Å²) in [5, 5.41) is 16.0. The fourth-order valence-electron chi connectivity index (χ4n) is 2.25. The highest BCUT2D eigenvalue weighted by molar-refractivity contribution is 7.16. The standard InChI is InChI=1S/C16H12N4OS2/c21-15-13(7-10-8-18-14-12(10)4-1-5-17-14)23-16(20-15)19-9-11-3-2-6-22-11/h1-8,21H,9H2,(H,19,20). The maximum Gasteiger partial charge on any atom is 0.231 e. The van der Waals surface area contributed by atoms with Crippen molar-refractivity contribution < 1.29 is 5.11 Å². The molecule has 0 amide bonds. The molecule has 0 fully saturated rings. The normalized spacial score (nSPS) is 14.3. The number of allylic oxidation sites excluding steroid dienone is 1. The third-order valence-electron chi connectivity index (χ3n) is 3.34. The quantitative estimate of drug-likeness (QED) is 0.748. The van der Waals surface area contributed by atoms with E-state index in [-0.39, 0.29) is 5.88 Å². The van der Waals surface area contributed by atoms with E-state index in [0.717, 1.165) is 11.1 Å². The molecule has 4 heterocycles. The number of fused-ring (bicyclic) bond motifs is 1. The molecule has 1 aliphatic rings. The molecular formula is C16H12N4OS2. The van der Waals surface area contributed by atoms with Crippen LogP contribution in [0.1, 0.15) is 15.3 Å². The van der Waals surface area contributed by atoms with Gasteiger partial charge in [-0.05, 0) is 29.7 Å². The van der Waals surface area contributed by atoms with Crippen LogP contribution in [-0.4, -0.2) is 21.3 Å². The van der Waals surface area contributed by atoms with Crippen LogP contribution < -0.4 is 5.32 Å². The Balaban J connectivity index is 1.56. The SMILES string of the molecule is Oc1nc(NCc2cccs2)sc1C=C1C=Nc2ncccc21. The molecule has 4 rings (SSSR count). The molecule has 2 N–H and O–H groups in total. The Hall–Kier alpha value is -2.51. The lowest BCUT2D eigenvalue weighted by atomic mass is 10.1. The number of aliphatic imine (C=N–C) groups is 1. The van der Waals surface area contributed by atoms with E-state index in [9.17, 15) is 5.11 Å². The number of thiazole rings is 1. The highest BCUT2D eigenvalue weighted by Gasteiger charge is 2.15. The number of nitrogens with zero attached hydrogens (tertiary/aromatic N) is 3. The maximum absolute atomic E-state index is 10.1. The second-order valence-electron chi connectivity index (χ2n) is 4.87. The number of anilines is 1. The summed E-state index contributed by atoms with van der Waals surface area (Å²) in [7, 11) is 0. The fraction of sp³-hybridized carbons (Fsp3) is 0.0625. The number of nitrogens with one attached hydrogen (secondary N) is 1. The van der Waals surface area contributed by atoms with Crippen molar-refractivity contribution in [3.8, 4) is 5.88 Å². The Morgan fingerprint density at radius 3 is 3.09 bits per heavy atom. The third kappa shape index (κ3) is 2.88. The van der Waals surface area contributed by atoms with Gasteiger partial charge in [-0.25, -0.2) is 9.98 Å². The fourth-order valence-corrected chi connectivity index (χ4v) is 3.70. The number of aromatic nitrogens is 2. The van der Waals surface area contributed by atoms with Gasteiger partial charge in [0.05, 0.1) is 11.4 Å². The molecule has 0 aromatic carbocycles. The zero-order chi connectivity index (χ0) is 15.6. The molecule has 0 unspecified atom stereocenters. The van der Waals surface area contributed by atoms with Gasteiger partial charge >= 0.3 is 0 Å². The van der Waals surface area contributed by atoms with E-state index in [1.165, 1.54) is 16.2 Å². The predicted octanol–water partition coefficient (Wildman–Crippen LogP) is 4.17. The van der Waals surface area contributed by atoms with Gasteiger partial charge in [-0.15, -0.1) is 11.3 Å². The van der Waals surface area contributed by atoms with Gasteiger partial charge < -0.3 is 10.4 Å². The average Bonchev–Trinajstić information content (AvgIpc) is 3.28. The van der Waals surface area contributed by atoms with Gasteiger partial charge in [0.15, 0.2) is 10.9 Å². The van der Waals surface area contributed by atoms with Gasteiger partial charge in [0.1, 0.15) is 0 Å². The highest BCUT2D eigenvalue weighted by Crippen LogP contribution is 2.35. The minimum atomic E-state index is 0.0296. The summed E-state index contributed by atoms with van der Waals surface area (Å²) in [6.45, 7) is 0.703. The monoisotopic (exact) mass is 340 g/mol. The first-order chi connectivity index (χ1) is 11.3. The van der Waals surface area contributed by atoms with Crippen LogP contribution in [0.15, 0.2) is 40.8 Å². The molecule has 7 heteroatoms. The summed E-state index contributed by atoms with van der Waals surface area (Å²) in [6, 6.07) is 7.92. The van der Waals surface area contributed by atoms with Crippen LogP contribution in [0.3, 0.4) is 0 Å². The molecule has 3 aromatic heterocycles. The van der Waals surface area contributed by atoms with Gasteiger partial charge in [-0.2, -0.15) is 4.98 Å². The van der Waals surface area contributed by atoms with Crippen LogP contribution in [0.2, 0.25) is 0 Å². The van der Waals surface area contributed by atoms with Gasteiger partial charge in [0, 0.05) is 28.4 Å². The van der Waals surface area contributed by atoms with E-state index in [0.29, 0.717) is 22.4 Å². The smallest absolute Gasteiger partial charge is 0.231 e. The summed E-state index contributed by atoms with van der Waals surface area (Å²) < 4.78 is 0. The minimum Gasteiger partial charge on any atom is -0.492 e. The largest absolute Gasteiger partial charge is 0.492 e. The molecule has 0 spiro atoms. The molecule has 114 valence electrons. The molecule has 0 saturated carbocycles. The average molecular weight is 340 g/mol. The number of hydrogen-bond acceptors (Lipinski definition) is 7. The highest BCUT2D eigenvalue weighted by atomic mass is 32.1. The zero-order valence-corrected chi connectivity index (χ0v) is 13.6. The van der Waals surface area contributed by atoms with Crippen LogP contribution in [0.5, 0.6) is 5.88 Å². The first-order valence-electron chi connectivity index (χ1n) is 6.97. The Kier molecular flexibility index (Phi) is 3.64. The van der Waals surface area contributed by atoms with Crippen molar-refractivity contribution in [3.05, 3.63) is 51.2 Å². The lowest BCUT2D eigenvalue weighted by Crippen LogP contribution is -1.95. The first-order valence-corrected chi connectivity index (χ1v) is 8.66. The zero-order valence-electron chi connectivity index (χ0n) is 11.9. The Morgan fingerprint density at radius 1 is 1.26 bits per heavy atom. The van der Waals surface area contributed by atoms with Gasteiger partial charge in [0.25, 0.3) is 0 Å². The van der Waals surface area contributed by atoms with Crippen LogP contribution in [0.4, 0.5) is 10.9 Å². The molecule has 0 atom stereocenters. The summed E-state index contributed by atoms with van der Waals surface area (Å²) >= 11 is 3.10. The van der Waals surface area contributed by atoms with Gasteiger partial charge in [-0.1, -0.05) is 17.4 Å². The molecule has 1 aliphatic heterocycles. The van der Waals surface area contributed by atoms with Crippen molar-refractivity contribution in [3.63, 3.8) is 0 Å². The van der Waals surface area contributed by atoms with E-state index >= 15 is 0 Å². The lowest BCUT2D eigenvalue weighted by molar-refractivity contribution is 0.456. The Bertz CT molecular complexity index is 897. The number of thiophene rings is 1. The van der Waals surface area contributed by atoms with Gasteiger partial charge in [0.2, 0.25) is 5.88 Å². The van der Waals surface area contributed by atoms with E-state index in [1.54, 1.807) is 23.7 Å². The molecule has 0 radical (unpaired) electrons. The summed E-state index contributed by atoms with van der Waals surface area (Å²) in [4.78, 5) is 14.6. The van der Waals surface area contributed by atoms with Crippen molar-refractivity contribution in [2.45, 2.75) is 6.54 Å². The van der Waals surface area contributed by atoms with Crippen molar-refractivity contribution in [1.29, 1.82) is 0 Å². The van der Waals surface area contributed by atoms with Crippen molar-refractivity contribution in [1.82, 2.24) is 9.97 Å². The van der Waals surface area contributed by atoms with Crippen molar-refractivity contribution >= 4 is 51.5 Å². The van der Waals surface area contributed by atoms with Crippen molar-refractivity contribution in [2.75, 3.05) is 5.32 Å². The number of hydrogen-bond donors (Lipinski definition) is 2. The van der Waals surface area contributed by atoms with Crippen LogP contribution in [-0.2, 0) is 6.54 Å². The predicted molar refractivity (Wildman–Crippen MR) is 95.7 cm³/mol. The summed E-state index contributed by atoms with van der Waals surface area (Å²) in [5.41, 5.74) is 1.89. The minimum absolute atomic E-state index is 0.0296.